The Kier molecular flexibility index (Phi) is 5.18. The van der Waals surface area contributed by atoms with Crippen LogP contribution >= 0.6 is 0 Å². The Hall–Kier alpha value is -2.90. The molecule has 8 nitrogen and oxygen atoms in total. The first-order chi connectivity index (χ1) is 11.3. The summed E-state index contributed by atoms with van der Waals surface area (Å²) in [6, 6.07) is 4.08. The number of Topliss-reactive ketones (excluding diaryl/α,β-unsaturated/α-hetero) is 1. The fourth-order valence-corrected chi connectivity index (χ4v) is 2.30. The highest BCUT2D eigenvalue weighted by atomic mass is 16.5. The molecule has 1 aliphatic heterocycles. The number of carboxylic acids is 1. The van der Waals surface area contributed by atoms with E-state index in [0.29, 0.717) is 17.1 Å². The fraction of sp³-hybridized carbons (Fsp3) is 0.375. The summed E-state index contributed by atoms with van der Waals surface area (Å²) in [7, 11) is 0. The molecule has 1 unspecified atom stereocenters. The van der Waals surface area contributed by atoms with Crippen molar-refractivity contribution in [1.82, 2.24) is 0 Å². The van der Waals surface area contributed by atoms with Crippen molar-refractivity contribution in [1.29, 1.82) is 0 Å². The third kappa shape index (κ3) is 3.89. The maximum Gasteiger partial charge on any atom is 0.303 e. The highest BCUT2D eigenvalue weighted by Gasteiger charge is 2.31. The average molecular weight is 334 g/mol. The van der Waals surface area contributed by atoms with Crippen LogP contribution in [0.3, 0.4) is 0 Å². The summed E-state index contributed by atoms with van der Waals surface area (Å²) >= 11 is 0. The molecule has 0 fully saturated rings. The lowest BCUT2D eigenvalue weighted by Crippen LogP contribution is -2.47. The zero-order valence-electron chi connectivity index (χ0n) is 13.4. The Balaban J connectivity index is 2.19. The van der Waals surface area contributed by atoms with E-state index >= 15 is 0 Å². The van der Waals surface area contributed by atoms with E-state index in [-0.39, 0.29) is 31.1 Å². The summed E-state index contributed by atoms with van der Waals surface area (Å²) in [6.45, 7) is 2.85. The molecule has 1 aromatic rings. The Labute approximate surface area is 138 Å². The number of aliphatic carboxylic acids is 1. The molecule has 0 bridgehead atoms. The Bertz CT molecular complexity index is 700. The number of ketones is 1. The van der Waals surface area contributed by atoms with Crippen LogP contribution in [0.15, 0.2) is 18.2 Å². The van der Waals surface area contributed by atoms with Crippen LogP contribution in [0.4, 0.5) is 11.4 Å². The molecule has 1 heterocycles. The molecule has 128 valence electrons. The number of nitrogens with zero attached hydrogens (tertiary/aromatic N) is 1. The van der Waals surface area contributed by atoms with E-state index in [4.69, 9.17) is 9.84 Å². The molecular weight excluding hydrogens is 316 g/mol. The van der Waals surface area contributed by atoms with Gasteiger partial charge in [-0.05, 0) is 26.0 Å². The first-order valence-corrected chi connectivity index (χ1v) is 7.40. The summed E-state index contributed by atoms with van der Waals surface area (Å²) in [6.07, 6.45) is -0.398. The molecule has 24 heavy (non-hydrogen) atoms. The number of carbonyl (C=O) groups is 4. The second kappa shape index (κ2) is 7.12. The number of carbonyl (C=O) groups excluding carboxylic acids is 3. The summed E-state index contributed by atoms with van der Waals surface area (Å²) in [5.41, 5.74) is 0.881. The van der Waals surface area contributed by atoms with E-state index in [1.54, 1.807) is 25.1 Å². The minimum absolute atomic E-state index is 0.140. The van der Waals surface area contributed by atoms with Gasteiger partial charge in [-0.2, -0.15) is 0 Å². The lowest BCUT2D eigenvalue weighted by atomic mass is 10.1. The maximum atomic E-state index is 12.0. The number of fused-ring (bicyclic) bond motifs is 1. The van der Waals surface area contributed by atoms with Crippen LogP contribution in [0, 0.1) is 0 Å². The predicted octanol–water partition coefficient (Wildman–Crippen LogP) is 1.19. The van der Waals surface area contributed by atoms with Crippen LogP contribution < -0.4 is 15.0 Å². The molecule has 1 aliphatic rings. The minimum atomic E-state index is -1.05. The number of hydrogen-bond acceptors (Lipinski definition) is 5. The Morgan fingerprint density at radius 1 is 1.33 bits per heavy atom. The molecule has 2 rings (SSSR count). The average Bonchev–Trinajstić information content (AvgIpc) is 2.52. The fourth-order valence-electron chi connectivity index (χ4n) is 2.30. The minimum Gasteiger partial charge on any atom is -0.481 e. The van der Waals surface area contributed by atoms with Gasteiger partial charge in [-0.15, -0.1) is 0 Å². The van der Waals surface area contributed by atoms with Crippen LogP contribution in [-0.4, -0.2) is 41.3 Å². The van der Waals surface area contributed by atoms with Crippen molar-refractivity contribution in [3.05, 3.63) is 18.2 Å². The first-order valence-electron chi connectivity index (χ1n) is 7.40. The van der Waals surface area contributed by atoms with Gasteiger partial charge >= 0.3 is 5.97 Å². The van der Waals surface area contributed by atoms with Gasteiger partial charge in [0, 0.05) is 18.2 Å². The summed E-state index contributed by atoms with van der Waals surface area (Å²) < 4.78 is 5.37. The number of carboxylic acid groups (broad SMARTS) is 1. The summed E-state index contributed by atoms with van der Waals surface area (Å²) in [4.78, 5) is 47.2. The molecule has 1 atom stereocenters. The van der Waals surface area contributed by atoms with E-state index in [1.165, 1.54) is 11.8 Å². The Morgan fingerprint density at radius 2 is 2.04 bits per heavy atom. The molecule has 2 N–H and O–H groups in total. The van der Waals surface area contributed by atoms with Crippen molar-refractivity contribution in [2.45, 2.75) is 32.7 Å². The molecule has 0 radical (unpaired) electrons. The molecule has 0 spiro atoms. The molecule has 0 saturated heterocycles. The number of rotatable bonds is 6. The molecule has 2 amide bonds. The number of nitrogens with one attached hydrogen (secondary N) is 1. The maximum absolute atomic E-state index is 12.0. The van der Waals surface area contributed by atoms with Gasteiger partial charge in [0.05, 0.1) is 18.2 Å². The monoisotopic (exact) mass is 334 g/mol. The normalized spacial score (nSPS) is 14.4. The van der Waals surface area contributed by atoms with Crippen molar-refractivity contribution in [2.24, 2.45) is 0 Å². The Morgan fingerprint density at radius 3 is 2.67 bits per heavy atom. The van der Waals surface area contributed by atoms with Crippen LogP contribution in [0.25, 0.3) is 0 Å². The second-order valence-electron chi connectivity index (χ2n) is 5.46. The van der Waals surface area contributed by atoms with E-state index < -0.39 is 17.9 Å². The third-order valence-electron chi connectivity index (χ3n) is 3.66. The van der Waals surface area contributed by atoms with Gasteiger partial charge in [-0.3, -0.25) is 24.1 Å². The van der Waals surface area contributed by atoms with Crippen molar-refractivity contribution in [2.75, 3.05) is 16.8 Å². The topological polar surface area (TPSA) is 113 Å². The number of benzene rings is 1. The van der Waals surface area contributed by atoms with E-state index in [9.17, 15) is 19.2 Å². The molecule has 0 aromatic heterocycles. The van der Waals surface area contributed by atoms with E-state index in [0.717, 1.165) is 0 Å². The van der Waals surface area contributed by atoms with Gasteiger partial charge in [-0.1, -0.05) is 0 Å². The number of amides is 2. The third-order valence-corrected chi connectivity index (χ3v) is 3.66. The zero-order chi connectivity index (χ0) is 17.9. The molecule has 1 aromatic carbocycles. The highest BCUT2D eigenvalue weighted by Crippen LogP contribution is 2.35. The number of anilines is 2. The largest absolute Gasteiger partial charge is 0.481 e. The summed E-state index contributed by atoms with van der Waals surface area (Å²) in [5.74, 6) is -1.58. The van der Waals surface area contributed by atoms with Crippen molar-refractivity contribution < 1.29 is 29.0 Å². The van der Waals surface area contributed by atoms with Crippen LogP contribution in [0.2, 0.25) is 0 Å². The first kappa shape index (κ1) is 17.5. The van der Waals surface area contributed by atoms with Gasteiger partial charge in [0.2, 0.25) is 5.91 Å². The van der Waals surface area contributed by atoms with E-state index in [2.05, 4.69) is 5.32 Å². The molecule has 8 heteroatoms. The van der Waals surface area contributed by atoms with Crippen molar-refractivity contribution in [3.8, 4) is 5.75 Å². The molecular formula is C16H18N2O6. The van der Waals surface area contributed by atoms with Crippen molar-refractivity contribution >= 4 is 34.9 Å². The number of ether oxygens (including phenoxy) is 1. The van der Waals surface area contributed by atoms with Gasteiger partial charge < -0.3 is 15.2 Å². The van der Waals surface area contributed by atoms with Crippen LogP contribution in [0.1, 0.15) is 26.7 Å². The lowest BCUT2D eigenvalue weighted by Gasteiger charge is -2.33. The number of hydrogen-bond donors (Lipinski definition) is 2. The standard InChI is InChI=1S/C16H18N2O6/c1-9(10(2)19)18-12-4-3-11(7-13(12)24-8-15(18)21)17-14(20)5-6-16(22)23/h3-4,7,9H,5-6,8H2,1-2H3,(H,17,20)(H,22,23). The van der Waals surface area contributed by atoms with E-state index in [1.807, 2.05) is 0 Å². The van der Waals surface area contributed by atoms with Gasteiger partial charge in [-0.25, -0.2) is 0 Å². The molecule has 0 saturated carbocycles. The van der Waals surface area contributed by atoms with Crippen LogP contribution in [0.5, 0.6) is 5.75 Å². The smallest absolute Gasteiger partial charge is 0.303 e. The zero-order valence-corrected chi connectivity index (χ0v) is 13.4. The molecule has 0 aliphatic carbocycles. The predicted molar refractivity (Wildman–Crippen MR) is 85.1 cm³/mol. The quantitative estimate of drug-likeness (QED) is 0.808. The van der Waals surface area contributed by atoms with Gasteiger partial charge in [0.1, 0.15) is 5.75 Å². The second-order valence-corrected chi connectivity index (χ2v) is 5.46. The van der Waals surface area contributed by atoms with Gasteiger partial charge in [0.15, 0.2) is 12.4 Å². The SMILES string of the molecule is CC(=O)C(C)N1C(=O)COc2cc(NC(=O)CCC(=O)O)ccc21. The lowest BCUT2D eigenvalue weighted by molar-refractivity contribution is -0.138. The van der Waals surface area contributed by atoms with Gasteiger partial charge in [0.25, 0.3) is 5.91 Å². The summed E-state index contributed by atoms with van der Waals surface area (Å²) in [5, 5.41) is 11.1. The highest BCUT2D eigenvalue weighted by molar-refractivity contribution is 6.04. The van der Waals surface area contributed by atoms with Crippen LogP contribution in [-0.2, 0) is 19.2 Å². The van der Waals surface area contributed by atoms with Crippen molar-refractivity contribution in [3.63, 3.8) is 0 Å².